The zero-order valence-corrected chi connectivity index (χ0v) is 12.4. The van der Waals surface area contributed by atoms with Gasteiger partial charge in [-0.3, -0.25) is 9.80 Å². The Kier molecular flexibility index (Phi) is 4.75. The van der Waals surface area contributed by atoms with E-state index in [1.165, 1.54) is 37.7 Å². The van der Waals surface area contributed by atoms with Crippen LogP contribution in [0.5, 0.6) is 0 Å². The Hall–Kier alpha value is 0.230. The molecule has 4 heteroatoms. The smallest absolute Gasteiger partial charge is 0.0281 e. The molecule has 0 amide bonds. The second-order valence-electron chi connectivity index (χ2n) is 5.94. The van der Waals surface area contributed by atoms with Crippen molar-refractivity contribution in [2.75, 3.05) is 50.8 Å². The lowest BCUT2D eigenvalue weighted by atomic mass is 10.00. The molecule has 17 heavy (non-hydrogen) atoms. The molecule has 0 radical (unpaired) electrons. The van der Waals surface area contributed by atoms with E-state index in [2.05, 4.69) is 47.6 Å². The summed E-state index contributed by atoms with van der Waals surface area (Å²) in [6.45, 7) is 14.4. The topological polar surface area (TPSA) is 18.5 Å². The van der Waals surface area contributed by atoms with Crippen molar-refractivity contribution >= 4 is 11.8 Å². The zero-order valence-electron chi connectivity index (χ0n) is 11.5. The van der Waals surface area contributed by atoms with E-state index in [0.29, 0.717) is 5.54 Å². The van der Waals surface area contributed by atoms with E-state index in [9.17, 15) is 0 Å². The fraction of sp³-hybridized carbons (Fsp3) is 1.00. The maximum Gasteiger partial charge on any atom is 0.0281 e. The lowest BCUT2D eigenvalue weighted by Crippen LogP contribution is -2.59. The Morgan fingerprint density at radius 2 is 1.94 bits per heavy atom. The van der Waals surface area contributed by atoms with Gasteiger partial charge >= 0.3 is 0 Å². The van der Waals surface area contributed by atoms with Gasteiger partial charge in [-0.2, -0.15) is 11.8 Å². The van der Waals surface area contributed by atoms with Gasteiger partial charge in [0.25, 0.3) is 0 Å². The largest absolute Gasteiger partial charge is 0.314 e. The van der Waals surface area contributed by atoms with Crippen LogP contribution in [0.1, 0.15) is 20.8 Å². The van der Waals surface area contributed by atoms with Crippen LogP contribution in [-0.4, -0.2) is 72.2 Å². The molecule has 100 valence electrons. The third-order valence-corrected chi connectivity index (χ3v) is 5.26. The summed E-state index contributed by atoms with van der Waals surface area (Å²) >= 11 is 2.10. The molecule has 3 nitrogen and oxygen atoms in total. The third kappa shape index (κ3) is 3.60. The number of nitrogens with one attached hydrogen (secondary N) is 1. The molecule has 2 rings (SSSR count). The number of rotatable bonds is 3. The Labute approximate surface area is 110 Å². The van der Waals surface area contributed by atoms with Gasteiger partial charge in [-0.15, -0.1) is 0 Å². The number of hydrogen-bond acceptors (Lipinski definition) is 4. The van der Waals surface area contributed by atoms with Gasteiger partial charge in [0.2, 0.25) is 0 Å². The highest BCUT2D eigenvalue weighted by Crippen LogP contribution is 2.22. The van der Waals surface area contributed by atoms with Crippen LogP contribution in [0.25, 0.3) is 0 Å². The molecular formula is C13H27N3S. The molecule has 0 bridgehead atoms. The van der Waals surface area contributed by atoms with E-state index in [-0.39, 0.29) is 0 Å². The summed E-state index contributed by atoms with van der Waals surface area (Å²) in [6.07, 6.45) is 0. The molecule has 0 aromatic heterocycles. The van der Waals surface area contributed by atoms with Crippen molar-refractivity contribution in [3.63, 3.8) is 0 Å². The minimum Gasteiger partial charge on any atom is -0.314 e. The van der Waals surface area contributed by atoms with Gasteiger partial charge in [-0.1, -0.05) is 0 Å². The van der Waals surface area contributed by atoms with Crippen molar-refractivity contribution in [3.8, 4) is 0 Å². The zero-order chi connectivity index (χ0) is 12.3. The number of nitrogens with zero attached hydrogens (tertiary/aromatic N) is 2. The molecule has 1 atom stereocenters. The van der Waals surface area contributed by atoms with E-state index in [1.54, 1.807) is 0 Å². The first-order chi connectivity index (χ1) is 8.09. The molecule has 0 aliphatic carbocycles. The summed E-state index contributed by atoms with van der Waals surface area (Å²) in [7, 11) is 0. The monoisotopic (exact) mass is 257 g/mol. The number of thioether (sulfide) groups is 1. The summed E-state index contributed by atoms with van der Waals surface area (Å²) in [6, 6.07) is 0.746. The first kappa shape index (κ1) is 13.7. The van der Waals surface area contributed by atoms with Crippen LogP contribution in [0, 0.1) is 0 Å². The molecule has 0 spiro atoms. The molecule has 2 fully saturated rings. The minimum atomic E-state index is 0.318. The highest BCUT2D eigenvalue weighted by Gasteiger charge is 2.32. The Morgan fingerprint density at radius 1 is 1.24 bits per heavy atom. The molecule has 0 aromatic rings. The maximum absolute atomic E-state index is 3.44. The van der Waals surface area contributed by atoms with E-state index in [0.717, 1.165) is 19.1 Å². The lowest BCUT2D eigenvalue weighted by Gasteiger charge is -2.46. The van der Waals surface area contributed by atoms with Crippen LogP contribution in [0.3, 0.4) is 0 Å². The second kappa shape index (κ2) is 5.91. The predicted octanol–water partition coefficient (Wildman–Crippen LogP) is 1.11. The van der Waals surface area contributed by atoms with Crippen molar-refractivity contribution in [2.24, 2.45) is 0 Å². The van der Waals surface area contributed by atoms with Crippen molar-refractivity contribution < 1.29 is 0 Å². The van der Waals surface area contributed by atoms with Crippen molar-refractivity contribution in [1.29, 1.82) is 0 Å². The van der Waals surface area contributed by atoms with Crippen LogP contribution in [0.15, 0.2) is 0 Å². The normalized spacial score (nSPS) is 29.5. The number of hydrogen-bond donors (Lipinski definition) is 1. The Balaban J connectivity index is 1.90. The Morgan fingerprint density at radius 3 is 2.59 bits per heavy atom. The summed E-state index contributed by atoms with van der Waals surface area (Å²) in [5, 5.41) is 3.44. The van der Waals surface area contributed by atoms with Gasteiger partial charge in [-0.05, 0) is 20.8 Å². The van der Waals surface area contributed by atoms with E-state index in [1.807, 2.05) is 0 Å². The first-order valence-corrected chi connectivity index (χ1v) is 8.03. The highest BCUT2D eigenvalue weighted by atomic mass is 32.2. The molecule has 0 saturated carbocycles. The SMILES string of the molecule is CC1CSCCN1CC(C)(C)N1CCNCC1. The molecular weight excluding hydrogens is 230 g/mol. The van der Waals surface area contributed by atoms with Crippen LogP contribution in [-0.2, 0) is 0 Å². The molecule has 2 heterocycles. The summed E-state index contributed by atoms with van der Waals surface area (Å²) in [4.78, 5) is 5.33. The molecule has 2 saturated heterocycles. The predicted molar refractivity (Wildman–Crippen MR) is 76.9 cm³/mol. The summed E-state index contributed by atoms with van der Waals surface area (Å²) in [5.41, 5.74) is 0.318. The van der Waals surface area contributed by atoms with Crippen molar-refractivity contribution in [1.82, 2.24) is 15.1 Å². The quantitative estimate of drug-likeness (QED) is 0.816. The maximum atomic E-state index is 3.44. The van der Waals surface area contributed by atoms with Gasteiger partial charge in [-0.25, -0.2) is 0 Å². The number of piperazine rings is 1. The van der Waals surface area contributed by atoms with Crippen LogP contribution in [0.2, 0.25) is 0 Å². The first-order valence-electron chi connectivity index (χ1n) is 6.87. The highest BCUT2D eigenvalue weighted by molar-refractivity contribution is 7.99. The van der Waals surface area contributed by atoms with Gasteiger partial charge in [0, 0.05) is 62.4 Å². The summed E-state index contributed by atoms with van der Waals surface area (Å²) < 4.78 is 0. The van der Waals surface area contributed by atoms with Crippen LogP contribution in [0.4, 0.5) is 0 Å². The summed E-state index contributed by atoms with van der Waals surface area (Å²) in [5.74, 6) is 2.61. The van der Waals surface area contributed by atoms with E-state index in [4.69, 9.17) is 0 Å². The minimum absolute atomic E-state index is 0.318. The van der Waals surface area contributed by atoms with Gasteiger partial charge in [0.05, 0.1) is 0 Å². The van der Waals surface area contributed by atoms with E-state index >= 15 is 0 Å². The fourth-order valence-electron chi connectivity index (χ4n) is 2.86. The third-order valence-electron chi connectivity index (χ3n) is 4.07. The van der Waals surface area contributed by atoms with Crippen molar-refractivity contribution in [2.45, 2.75) is 32.4 Å². The molecule has 2 aliphatic rings. The molecule has 1 N–H and O–H groups in total. The van der Waals surface area contributed by atoms with E-state index < -0.39 is 0 Å². The fourth-order valence-corrected chi connectivity index (χ4v) is 3.95. The van der Waals surface area contributed by atoms with Crippen LogP contribution >= 0.6 is 11.8 Å². The molecule has 1 unspecified atom stereocenters. The van der Waals surface area contributed by atoms with Crippen molar-refractivity contribution in [3.05, 3.63) is 0 Å². The standard InChI is InChI=1S/C13H27N3S/c1-12-10-17-9-8-15(12)11-13(2,3)16-6-4-14-5-7-16/h12,14H,4-11H2,1-3H3. The second-order valence-corrected chi connectivity index (χ2v) is 7.09. The van der Waals surface area contributed by atoms with Gasteiger partial charge in [0.1, 0.15) is 0 Å². The van der Waals surface area contributed by atoms with Gasteiger partial charge < -0.3 is 5.32 Å². The van der Waals surface area contributed by atoms with Crippen LogP contribution < -0.4 is 5.32 Å². The molecule has 2 aliphatic heterocycles. The molecule has 0 aromatic carbocycles. The lowest BCUT2D eigenvalue weighted by molar-refractivity contribution is 0.0544. The Bertz CT molecular complexity index is 239. The van der Waals surface area contributed by atoms with Gasteiger partial charge in [0.15, 0.2) is 0 Å². The average molecular weight is 257 g/mol. The average Bonchev–Trinajstić information content (AvgIpc) is 2.33.